The summed E-state index contributed by atoms with van der Waals surface area (Å²) in [4.78, 5) is 0. The molecule has 0 saturated carbocycles. The summed E-state index contributed by atoms with van der Waals surface area (Å²) in [7, 11) is 0. The number of hydrogen-bond donors (Lipinski definition) is 3. The van der Waals surface area contributed by atoms with E-state index in [0.717, 1.165) is 6.42 Å². The van der Waals surface area contributed by atoms with Crippen LogP contribution in [0.1, 0.15) is 12.8 Å². The third kappa shape index (κ3) is 1.67. The van der Waals surface area contributed by atoms with Crippen molar-refractivity contribution >= 4 is 0 Å². The molecule has 0 radical (unpaired) electrons. The van der Waals surface area contributed by atoms with Crippen LogP contribution >= 0.6 is 0 Å². The van der Waals surface area contributed by atoms with E-state index in [1.165, 1.54) is 0 Å². The Kier molecular flexibility index (Phi) is 2.62. The van der Waals surface area contributed by atoms with Crippen molar-refractivity contribution < 1.29 is 14.9 Å². The Hall–Kier alpha value is -0.160. The zero-order chi connectivity index (χ0) is 7.56. The minimum atomic E-state index is -0.897. The van der Waals surface area contributed by atoms with Crippen molar-refractivity contribution in [1.29, 1.82) is 0 Å². The maximum Gasteiger partial charge on any atom is 0.170 e. The molecule has 0 spiro atoms. The van der Waals surface area contributed by atoms with Crippen molar-refractivity contribution in [3.63, 3.8) is 0 Å². The van der Waals surface area contributed by atoms with E-state index in [9.17, 15) is 0 Å². The van der Waals surface area contributed by atoms with Crippen LogP contribution in [0.15, 0.2) is 0 Å². The average molecular weight is 147 g/mol. The molecule has 1 aliphatic rings. The monoisotopic (exact) mass is 147 g/mol. The van der Waals surface area contributed by atoms with Crippen molar-refractivity contribution in [3.05, 3.63) is 0 Å². The lowest BCUT2D eigenvalue weighted by Crippen LogP contribution is -2.44. The van der Waals surface area contributed by atoms with Crippen molar-refractivity contribution in [1.82, 2.24) is 0 Å². The Balaban J connectivity index is 2.33. The number of nitrogens with two attached hydrogens (primary N) is 1. The summed E-state index contributed by atoms with van der Waals surface area (Å²) in [6.45, 7) is -0.0379. The molecule has 0 unspecified atom stereocenters. The van der Waals surface area contributed by atoms with Gasteiger partial charge in [-0.1, -0.05) is 0 Å². The zero-order valence-corrected chi connectivity index (χ0v) is 5.73. The molecule has 0 aromatic heterocycles. The normalized spacial score (nSPS) is 41.7. The Morgan fingerprint density at radius 1 is 1.50 bits per heavy atom. The minimum Gasteiger partial charge on any atom is -0.394 e. The van der Waals surface area contributed by atoms with Gasteiger partial charge in [0.2, 0.25) is 0 Å². The van der Waals surface area contributed by atoms with Gasteiger partial charge >= 0.3 is 0 Å². The van der Waals surface area contributed by atoms with E-state index < -0.39 is 6.29 Å². The first kappa shape index (κ1) is 7.94. The molecule has 1 aliphatic heterocycles. The molecule has 0 amide bonds. The van der Waals surface area contributed by atoms with Gasteiger partial charge in [0.1, 0.15) is 0 Å². The van der Waals surface area contributed by atoms with E-state index in [2.05, 4.69) is 0 Å². The maximum atomic E-state index is 9.02. The second-order valence-electron chi connectivity index (χ2n) is 2.57. The van der Waals surface area contributed by atoms with E-state index in [0.29, 0.717) is 6.42 Å². The summed E-state index contributed by atoms with van der Waals surface area (Å²) >= 11 is 0. The van der Waals surface area contributed by atoms with Crippen LogP contribution in [0, 0.1) is 0 Å². The highest BCUT2D eigenvalue weighted by Gasteiger charge is 2.26. The third-order valence-corrected chi connectivity index (χ3v) is 1.72. The molecular formula is C6H13NO3. The van der Waals surface area contributed by atoms with E-state index in [1.807, 2.05) is 0 Å². The molecule has 1 heterocycles. The van der Waals surface area contributed by atoms with Gasteiger partial charge in [0.15, 0.2) is 6.29 Å². The fourth-order valence-electron chi connectivity index (χ4n) is 1.02. The van der Waals surface area contributed by atoms with E-state index >= 15 is 0 Å². The van der Waals surface area contributed by atoms with Crippen LogP contribution in [0.5, 0.6) is 0 Å². The average Bonchev–Trinajstić information content (AvgIpc) is 1.95. The van der Waals surface area contributed by atoms with E-state index in [1.54, 1.807) is 0 Å². The largest absolute Gasteiger partial charge is 0.394 e. The molecule has 0 aromatic rings. The van der Waals surface area contributed by atoms with Crippen LogP contribution < -0.4 is 5.73 Å². The van der Waals surface area contributed by atoms with Crippen LogP contribution in [0.3, 0.4) is 0 Å². The Bertz CT molecular complexity index is 109. The van der Waals surface area contributed by atoms with Crippen LogP contribution in [-0.2, 0) is 4.74 Å². The molecule has 0 aliphatic carbocycles. The molecule has 0 bridgehead atoms. The van der Waals surface area contributed by atoms with Crippen LogP contribution in [0.2, 0.25) is 0 Å². The quantitative estimate of drug-likeness (QED) is 0.435. The summed E-state index contributed by atoms with van der Waals surface area (Å²) < 4.78 is 4.93. The molecule has 4 nitrogen and oxygen atoms in total. The Labute approximate surface area is 59.6 Å². The molecule has 4 N–H and O–H groups in total. The second kappa shape index (κ2) is 3.30. The molecule has 10 heavy (non-hydrogen) atoms. The fraction of sp³-hybridized carbons (Fsp3) is 1.00. The fourth-order valence-corrected chi connectivity index (χ4v) is 1.02. The van der Waals surface area contributed by atoms with Crippen LogP contribution in [-0.4, -0.2) is 35.3 Å². The SMILES string of the molecule is N[C@@H]1CC[C@@H](CO)O[C@H]1O. The van der Waals surface area contributed by atoms with Gasteiger partial charge in [0.05, 0.1) is 18.8 Å². The predicted molar refractivity (Wildman–Crippen MR) is 35.2 cm³/mol. The van der Waals surface area contributed by atoms with Crippen molar-refractivity contribution in [2.24, 2.45) is 5.73 Å². The zero-order valence-electron chi connectivity index (χ0n) is 5.73. The molecule has 60 valence electrons. The van der Waals surface area contributed by atoms with E-state index in [4.69, 9.17) is 20.7 Å². The lowest BCUT2D eigenvalue weighted by Gasteiger charge is -2.30. The minimum absolute atomic E-state index is 0.0379. The first-order valence-electron chi connectivity index (χ1n) is 3.44. The van der Waals surface area contributed by atoms with Crippen LogP contribution in [0.25, 0.3) is 0 Å². The van der Waals surface area contributed by atoms with Gasteiger partial charge in [-0.05, 0) is 12.8 Å². The van der Waals surface area contributed by atoms with Crippen molar-refractivity contribution in [2.75, 3.05) is 6.61 Å². The Morgan fingerprint density at radius 2 is 2.20 bits per heavy atom. The second-order valence-corrected chi connectivity index (χ2v) is 2.57. The number of hydrogen-bond acceptors (Lipinski definition) is 4. The van der Waals surface area contributed by atoms with Gasteiger partial charge < -0.3 is 20.7 Å². The summed E-state index contributed by atoms with van der Waals surface area (Å²) in [6, 6.07) is -0.289. The molecule has 1 saturated heterocycles. The number of aliphatic hydroxyl groups is 2. The van der Waals surface area contributed by atoms with Gasteiger partial charge in [-0.25, -0.2) is 0 Å². The number of ether oxygens (including phenoxy) is 1. The van der Waals surface area contributed by atoms with Gasteiger partial charge in [0, 0.05) is 0 Å². The number of rotatable bonds is 1. The lowest BCUT2D eigenvalue weighted by molar-refractivity contribution is -0.181. The molecule has 4 heteroatoms. The summed E-state index contributed by atoms with van der Waals surface area (Å²) in [5, 5.41) is 17.6. The van der Waals surface area contributed by atoms with Gasteiger partial charge in [-0.2, -0.15) is 0 Å². The van der Waals surface area contributed by atoms with Crippen LogP contribution in [0.4, 0.5) is 0 Å². The highest BCUT2D eigenvalue weighted by molar-refractivity contribution is 4.74. The third-order valence-electron chi connectivity index (χ3n) is 1.72. The smallest absolute Gasteiger partial charge is 0.170 e. The predicted octanol–water partition coefficient (Wildman–Crippen LogP) is -1.20. The van der Waals surface area contributed by atoms with Gasteiger partial charge in [-0.15, -0.1) is 0 Å². The van der Waals surface area contributed by atoms with Gasteiger partial charge in [-0.3, -0.25) is 0 Å². The standard InChI is InChI=1S/C6H13NO3/c7-5-2-1-4(3-8)10-6(5)9/h4-6,8-9H,1-3,7H2/t4-,5+,6+/m0/s1. The highest BCUT2D eigenvalue weighted by atomic mass is 16.6. The maximum absolute atomic E-state index is 9.02. The van der Waals surface area contributed by atoms with E-state index in [-0.39, 0.29) is 18.8 Å². The summed E-state index contributed by atoms with van der Waals surface area (Å²) in [5.41, 5.74) is 5.44. The number of aliphatic hydroxyl groups excluding tert-OH is 2. The van der Waals surface area contributed by atoms with Crippen molar-refractivity contribution in [2.45, 2.75) is 31.3 Å². The molecule has 1 fully saturated rings. The first-order chi connectivity index (χ1) is 4.74. The lowest BCUT2D eigenvalue weighted by atomic mass is 10.1. The summed E-state index contributed by atoms with van der Waals surface area (Å²) in [6.07, 6.45) is 0.321. The summed E-state index contributed by atoms with van der Waals surface area (Å²) in [5.74, 6) is 0. The Morgan fingerprint density at radius 3 is 2.70 bits per heavy atom. The molecule has 1 rings (SSSR count). The topological polar surface area (TPSA) is 75.7 Å². The highest BCUT2D eigenvalue weighted by Crippen LogP contribution is 2.15. The van der Waals surface area contributed by atoms with Gasteiger partial charge in [0.25, 0.3) is 0 Å². The molecule has 0 aromatic carbocycles. The van der Waals surface area contributed by atoms with Crippen molar-refractivity contribution in [3.8, 4) is 0 Å². The molecule has 3 atom stereocenters. The first-order valence-corrected chi connectivity index (χ1v) is 3.44. The molecular weight excluding hydrogens is 134 g/mol.